The number of nitrogens with zero attached hydrogens (tertiary/aromatic N) is 6. The number of rotatable bonds is 6. The molecule has 1 amide bonds. The Morgan fingerprint density at radius 3 is 2.70 bits per heavy atom. The van der Waals surface area contributed by atoms with E-state index < -0.39 is 0 Å². The molecule has 3 heterocycles. The lowest BCUT2D eigenvalue weighted by atomic mass is 10.1. The average Bonchev–Trinajstić information content (AvgIpc) is 3.63. The third-order valence-corrected chi connectivity index (χ3v) is 5.64. The van der Waals surface area contributed by atoms with Gasteiger partial charge in [0.1, 0.15) is 0 Å². The summed E-state index contributed by atoms with van der Waals surface area (Å²) in [6.07, 6.45) is 2.54. The second-order valence-corrected chi connectivity index (χ2v) is 7.64. The SMILES string of the molecule is COc1ccc(C(=O)N2CC[C@@H](n3cc(-c4nc(-c5ccccc5)no4)nn3)C2)cc1OC. The highest BCUT2D eigenvalue weighted by atomic mass is 16.5. The van der Waals surface area contributed by atoms with Crippen LogP contribution in [0.25, 0.3) is 23.0 Å². The number of amides is 1. The van der Waals surface area contributed by atoms with Gasteiger partial charge in [0.2, 0.25) is 5.82 Å². The van der Waals surface area contributed by atoms with Crippen molar-refractivity contribution < 1.29 is 18.8 Å². The Bertz CT molecular complexity index is 1270. The number of ether oxygens (including phenoxy) is 2. The van der Waals surface area contributed by atoms with Crippen LogP contribution in [-0.2, 0) is 0 Å². The van der Waals surface area contributed by atoms with E-state index >= 15 is 0 Å². The first-order valence-corrected chi connectivity index (χ1v) is 10.5. The lowest BCUT2D eigenvalue weighted by Crippen LogP contribution is -2.29. The van der Waals surface area contributed by atoms with Gasteiger partial charge in [0.15, 0.2) is 17.2 Å². The van der Waals surface area contributed by atoms with E-state index in [9.17, 15) is 4.79 Å². The summed E-state index contributed by atoms with van der Waals surface area (Å²) in [4.78, 5) is 19.2. The zero-order valence-electron chi connectivity index (χ0n) is 18.2. The molecule has 4 aromatic rings. The number of hydrogen-bond donors (Lipinski definition) is 0. The molecule has 1 atom stereocenters. The van der Waals surface area contributed by atoms with Crippen LogP contribution in [0.5, 0.6) is 11.5 Å². The molecule has 1 saturated heterocycles. The highest BCUT2D eigenvalue weighted by Crippen LogP contribution is 2.30. The molecule has 0 saturated carbocycles. The molecular formula is C23H22N6O4. The number of carbonyl (C=O) groups is 1. The second kappa shape index (κ2) is 8.73. The van der Waals surface area contributed by atoms with E-state index in [0.29, 0.717) is 47.6 Å². The van der Waals surface area contributed by atoms with E-state index in [4.69, 9.17) is 14.0 Å². The standard InChI is InChI=1S/C23H22N6O4/c1-31-19-9-8-16(12-20(19)32-2)23(30)28-11-10-17(13-28)29-14-18(25-27-29)22-24-21(26-33-22)15-6-4-3-5-7-15/h3-9,12,14,17H,10-11,13H2,1-2H3/t17-/m1/s1. The smallest absolute Gasteiger partial charge is 0.280 e. The molecule has 0 unspecified atom stereocenters. The predicted molar refractivity (Wildman–Crippen MR) is 118 cm³/mol. The highest BCUT2D eigenvalue weighted by molar-refractivity contribution is 5.95. The Labute approximate surface area is 189 Å². The van der Waals surface area contributed by atoms with Crippen molar-refractivity contribution in [2.24, 2.45) is 0 Å². The van der Waals surface area contributed by atoms with Gasteiger partial charge >= 0.3 is 0 Å². The number of benzene rings is 2. The lowest BCUT2D eigenvalue weighted by Gasteiger charge is -2.17. The number of aromatic nitrogens is 5. The number of likely N-dealkylation sites (tertiary alicyclic amines) is 1. The van der Waals surface area contributed by atoms with Crippen molar-refractivity contribution >= 4 is 5.91 Å². The Kier molecular flexibility index (Phi) is 5.47. The fourth-order valence-electron chi connectivity index (χ4n) is 3.88. The van der Waals surface area contributed by atoms with Crippen LogP contribution in [0.1, 0.15) is 22.8 Å². The molecule has 1 aliphatic rings. The lowest BCUT2D eigenvalue weighted by molar-refractivity contribution is 0.0786. The summed E-state index contributed by atoms with van der Waals surface area (Å²) in [5.41, 5.74) is 1.90. The van der Waals surface area contributed by atoms with Gasteiger partial charge in [0.05, 0.1) is 26.5 Å². The van der Waals surface area contributed by atoms with Crippen molar-refractivity contribution in [1.29, 1.82) is 0 Å². The van der Waals surface area contributed by atoms with Crippen LogP contribution >= 0.6 is 0 Å². The monoisotopic (exact) mass is 446 g/mol. The van der Waals surface area contributed by atoms with Crippen LogP contribution in [0.3, 0.4) is 0 Å². The molecule has 0 radical (unpaired) electrons. The normalized spacial score (nSPS) is 15.6. The van der Waals surface area contributed by atoms with E-state index in [1.807, 2.05) is 30.3 Å². The Morgan fingerprint density at radius 2 is 1.91 bits per heavy atom. The molecule has 168 valence electrons. The molecular weight excluding hydrogens is 424 g/mol. The van der Waals surface area contributed by atoms with Gasteiger partial charge in [-0.3, -0.25) is 4.79 Å². The second-order valence-electron chi connectivity index (χ2n) is 7.64. The molecule has 0 N–H and O–H groups in total. The molecule has 10 heteroatoms. The van der Waals surface area contributed by atoms with Crippen LogP contribution in [0.4, 0.5) is 0 Å². The van der Waals surface area contributed by atoms with E-state index in [2.05, 4.69) is 20.5 Å². The van der Waals surface area contributed by atoms with Gasteiger partial charge < -0.3 is 18.9 Å². The summed E-state index contributed by atoms with van der Waals surface area (Å²) in [6, 6.07) is 14.8. The first-order chi connectivity index (χ1) is 16.2. The molecule has 1 fully saturated rings. The van der Waals surface area contributed by atoms with Crippen molar-refractivity contribution in [1.82, 2.24) is 30.0 Å². The predicted octanol–water partition coefficient (Wildman–Crippen LogP) is 3.10. The quantitative estimate of drug-likeness (QED) is 0.445. The van der Waals surface area contributed by atoms with Crippen molar-refractivity contribution in [2.45, 2.75) is 12.5 Å². The van der Waals surface area contributed by atoms with E-state index in [-0.39, 0.29) is 11.9 Å². The van der Waals surface area contributed by atoms with Crippen LogP contribution < -0.4 is 9.47 Å². The van der Waals surface area contributed by atoms with Gasteiger partial charge in [-0.15, -0.1) is 5.10 Å². The molecule has 5 rings (SSSR count). The molecule has 0 aliphatic carbocycles. The van der Waals surface area contributed by atoms with Crippen molar-refractivity contribution in [3.05, 3.63) is 60.3 Å². The minimum absolute atomic E-state index is 0.00635. The summed E-state index contributed by atoms with van der Waals surface area (Å²) in [7, 11) is 3.11. The molecule has 33 heavy (non-hydrogen) atoms. The van der Waals surface area contributed by atoms with Crippen LogP contribution in [0, 0.1) is 0 Å². The van der Waals surface area contributed by atoms with E-state index in [1.165, 1.54) is 0 Å². The molecule has 2 aromatic carbocycles. The third kappa shape index (κ3) is 4.02. The molecule has 10 nitrogen and oxygen atoms in total. The van der Waals surface area contributed by atoms with E-state index in [0.717, 1.165) is 12.0 Å². The number of hydrogen-bond acceptors (Lipinski definition) is 8. The largest absolute Gasteiger partial charge is 0.493 e. The summed E-state index contributed by atoms with van der Waals surface area (Å²) < 4.78 is 17.7. The van der Waals surface area contributed by atoms with Gasteiger partial charge in [0.25, 0.3) is 11.8 Å². The van der Waals surface area contributed by atoms with Crippen LogP contribution in [0.2, 0.25) is 0 Å². The molecule has 2 aromatic heterocycles. The molecule has 0 bridgehead atoms. The number of methoxy groups -OCH3 is 2. The van der Waals surface area contributed by atoms with Crippen molar-refractivity contribution in [2.75, 3.05) is 27.3 Å². The number of carbonyl (C=O) groups excluding carboxylic acids is 1. The first kappa shape index (κ1) is 20.7. The van der Waals surface area contributed by atoms with Gasteiger partial charge in [-0.25, -0.2) is 4.68 Å². The maximum atomic E-state index is 13.0. The average molecular weight is 446 g/mol. The van der Waals surface area contributed by atoms with Crippen molar-refractivity contribution in [3.8, 4) is 34.5 Å². The topological polar surface area (TPSA) is 108 Å². The van der Waals surface area contributed by atoms with Crippen LogP contribution in [0.15, 0.2) is 59.3 Å². The van der Waals surface area contributed by atoms with Crippen LogP contribution in [-0.4, -0.2) is 63.3 Å². The summed E-state index contributed by atoms with van der Waals surface area (Å²) in [6.45, 7) is 1.14. The zero-order chi connectivity index (χ0) is 22.8. The summed E-state index contributed by atoms with van der Waals surface area (Å²) >= 11 is 0. The third-order valence-electron chi connectivity index (χ3n) is 5.64. The Hall–Kier alpha value is -4.21. The Balaban J connectivity index is 1.28. The molecule has 1 aliphatic heterocycles. The highest BCUT2D eigenvalue weighted by Gasteiger charge is 2.30. The fourth-order valence-corrected chi connectivity index (χ4v) is 3.88. The minimum atomic E-state index is -0.0665. The van der Waals surface area contributed by atoms with Gasteiger partial charge in [0, 0.05) is 24.2 Å². The maximum absolute atomic E-state index is 13.0. The minimum Gasteiger partial charge on any atom is -0.493 e. The maximum Gasteiger partial charge on any atom is 0.280 e. The Morgan fingerprint density at radius 1 is 1.09 bits per heavy atom. The fraction of sp³-hybridized carbons (Fsp3) is 0.261. The first-order valence-electron chi connectivity index (χ1n) is 10.5. The van der Waals surface area contributed by atoms with Gasteiger partial charge in [-0.05, 0) is 24.6 Å². The van der Waals surface area contributed by atoms with E-state index in [1.54, 1.807) is 48.2 Å². The van der Waals surface area contributed by atoms with Crippen molar-refractivity contribution in [3.63, 3.8) is 0 Å². The summed E-state index contributed by atoms with van der Waals surface area (Å²) in [5, 5.41) is 12.5. The zero-order valence-corrected chi connectivity index (χ0v) is 18.2. The molecule has 0 spiro atoms. The van der Waals surface area contributed by atoms with Gasteiger partial charge in [-0.1, -0.05) is 40.7 Å². The summed E-state index contributed by atoms with van der Waals surface area (Å²) in [5.74, 6) is 1.83. The van der Waals surface area contributed by atoms with Gasteiger partial charge in [-0.2, -0.15) is 4.98 Å².